The van der Waals surface area contributed by atoms with Gasteiger partial charge in [0.15, 0.2) is 0 Å². The molecule has 1 amide bonds. The monoisotopic (exact) mass is 290 g/mol. The summed E-state index contributed by atoms with van der Waals surface area (Å²) in [5.41, 5.74) is 7.31. The van der Waals surface area contributed by atoms with Crippen LogP contribution in [0.5, 0.6) is 0 Å². The van der Waals surface area contributed by atoms with Crippen molar-refractivity contribution in [3.05, 3.63) is 30.1 Å². The SMILES string of the molecule is CC[C@H](C)[C@H](N)C(=O)N1CCN(Cc2ccncc2)CC1. The molecule has 0 aromatic carbocycles. The maximum Gasteiger partial charge on any atom is 0.239 e. The van der Waals surface area contributed by atoms with Crippen LogP contribution in [0.1, 0.15) is 25.8 Å². The van der Waals surface area contributed by atoms with E-state index in [-0.39, 0.29) is 17.9 Å². The van der Waals surface area contributed by atoms with Gasteiger partial charge in [0, 0.05) is 45.1 Å². The average Bonchev–Trinajstić information content (AvgIpc) is 2.54. The summed E-state index contributed by atoms with van der Waals surface area (Å²) in [4.78, 5) is 20.7. The number of aromatic nitrogens is 1. The fraction of sp³-hybridized carbons (Fsp3) is 0.625. The Bertz CT molecular complexity index is 443. The highest BCUT2D eigenvalue weighted by Gasteiger charge is 2.27. The Morgan fingerprint density at radius 1 is 1.29 bits per heavy atom. The number of carbonyl (C=O) groups excluding carboxylic acids is 1. The van der Waals surface area contributed by atoms with Gasteiger partial charge in [0.1, 0.15) is 0 Å². The molecule has 1 aromatic heterocycles. The predicted molar refractivity (Wildman–Crippen MR) is 83.5 cm³/mol. The van der Waals surface area contributed by atoms with E-state index in [2.05, 4.69) is 16.8 Å². The van der Waals surface area contributed by atoms with E-state index in [1.807, 2.05) is 36.4 Å². The van der Waals surface area contributed by atoms with Crippen LogP contribution in [-0.2, 0) is 11.3 Å². The van der Waals surface area contributed by atoms with E-state index in [0.29, 0.717) is 0 Å². The fourth-order valence-electron chi connectivity index (χ4n) is 2.58. The number of amides is 1. The number of carbonyl (C=O) groups is 1. The van der Waals surface area contributed by atoms with Crippen molar-refractivity contribution in [3.8, 4) is 0 Å². The molecular formula is C16H26N4O. The minimum absolute atomic E-state index is 0.105. The molecule has 2 rings (SSSR count). The molecule has 0 aliphatic carbocycles. The van der Waals surface area contributed by atoms with E-state index >= 15 is 0 Å². The van der Waals surface area contributed by atoms with Crippen molar-refractivity contribution in [1.29, 1.82) is 0 Å². The average molecular weight is 290 g/mol. The molecule has 21 heavy (non-hydrogen) atoms. The normalized spacial score (nSPS) is 19.3. The van der Waals surface area contributed by atoms with Gasteiger partial charge in [0.25, 0.3) is 0 Å². The number of nitrogens with two attached hydrogens (primary N) is 1. The van der Waals surface area contributed by atoms with Crippen LogP contribution in [0.2, 0.25) is 0 Å². The van der Waals surface area contributed by atoms with Crippen LogP contribution in [-0.4, -0.2) is 52.9 Å². The minimum atomic E-state index is -0.359. The number of nitrogens with zero attached hydrogens (tertiary/aromatic N) is 3. The Morgan fingerprint density at radius 2 is 1.90 bits per heavy atom. The van der Waals surface area contributed by atoms with Gasteiger partial charge in [-0.2, -0.15) is 0 Å². The van der Waals surface area contributed by atoms with Crippen LogP contribution in [0, 0.1) is 5.92 Å². The summed E-state index contributed by atoms with van der Waals surface area (Å²) in [5.74, 6) is 0.347. The third-order valence-electron chi connectivity index (χ3n) is 4.38. The van der Waals surface area contributed by atoms with E-state index in [9.17, 15) is 4.79 Å². The number of piperazine rings is 1. The van der Waals surface area contributed by atoms with Gasteiger partial charge in [-0.05, 0) is 23.6 Å². The minimum Gasteiger partial charge on any atom is -0.339 e. The summed E-state index contributed by atoms with van der Waals surface area (Å²) in [6.45, 7) is 8.39. The van der Waals surface area contributed by atoms with Gasteiger partial charge in [-0.1, -0.05) is 20.3 Å². The molecule has 5 nitrogen and oxygen atoms in total. The fourth-order valence-corrected chi connectivity index (χ4v) is 2.58. The Hall–Kier alpha value is -1.46. The smallest absolute Gasteiger partial charge is 0.239 e. The Morgan fingerprint density at radius 3 is 2.48 bits per heavy atom. The summed E-state index contributed by atoms with van der Waals surface area (Å²) < 4.78 is 0. The first-order valence-corrected chi connectivity index (χ1v) is 7.77. The third-order valence-corrected chi connectivity index (χ3v) is 4.38. The van der Waals surface area contributed by atoms with Crippen LogP contribution in [0.4, 0.5) is 0 Å². The van der Waals surface area contributed by atoms with Crippen molar-refractivity contribution in [2.45, 2.75) is 32.9 Å². The summed E-state index contributed by atoms with van der Waals surface area (Å²) >= 11 is 0. The Labute approximate surface area is 127 Å². The van der Waals surface area contributed by atoms with Crippen molar-refractivity contribution in [2.24, 2.45) is 11.7 Å². The molecule has 2 heterocycles. The Kier molecular flexibility index (Phi) is 5.70. The first-order valence-electron chi connectivity index (χ1n) is 7.77. The highest BCUT2D eigenvalue weighted by Crippen LogP contribution is 2.12. The number of hydrogen-bond donors (Lipinski definition) is 1. The highest BCUT2D eigenvalue weighted by atomic mass is 16.2. The molecule has 0 radical (unpaired) electrons. The van der Waals surface area contributed by atoms with Gasteiger partial charge in [-0.15, -0.1) is 0 Å². The lowest BCUT2D eigenvalue weighted by atomic mass is 9.98. The molecule has 5 heteroatoms. The number of rotatable bonds is 5. The second-order valence-corrected chi connectivity index (χ2v) is 5.87. The van der Waals surface area contributed by atoms with Crippen LogP contribution in [0.3, 0.4) is 0 Å². The van der Waals surface area contributed by atoms with Gasteiger partial charge >= 0.3 is 0 Å². The summed E-state index contributed by atoms with van der Waals surface area (Å²) in [7, 11) is 0. The first kappa shape index (κ1) is 15.9. The summed E-state index contributed by atoms with van der Waals surface area (Å²) in [6.07, 6.45) is 4.58. The maximum atomic E-state index is 12.3. The zero-order valence-electron chi connectivity index (χ0n) is 13.0. The van der Waals surface area contributed by atoms with Crippen molar-refractivity contribution >= 4 is 5.91 Å². The summed E-state index contributed by atoms with van der Waals surface area (Å²) in [5, 5.41) is 0. The molecule has 116 valence electrons. The zero-order valence-corrected chi connectivity index (χ0v) is 13.0. The largest absolute Gasteiger partial charge is 0.339 e. The van der Waals surface area contributed by atoms with Crippen molar-refractivity contribution < 1.29 is 4.79 Å². The quantitative estimate of drug-likeness (QED) is 0.882. The molecule has 1 fully saturated rings. The second kappa shape index (κ2) is 7.52. The number of hydrogen-bond acceptors (Lipinski definition) is 4. The van der Waals surface area contributed by atoms with Crippen LogP contribution >= 0.6 is 0 Å². The van der Waals surface area contributed by atoms with Crippen molar-refractivity contribution in [1.82, 2.24) is 14.8 Å². The van der Waals surface area contributed by atoms with Gasteiger partial charge in [0.2, 0.25) is 5.91 Å². The molecule has 0 spiro atoms. The lowest BCUT2D eigenvalue weighted by Crippen LogP contribution is -2.54. The number of pyridine rings is 1. The van der Waals surface area contributed by atoms with E-state index in [1.54, 1.807) is 0 Å². The van der Waals surface area contributed by atoms with Gasteiger partial charge < -0.3 is 10.6 Å². The zero-order chi connectivity index (χ0) is 15.2. The Balaban J connectivity index is 1.81. The molecule has 1 saturated heterocycles. The predicted octanol–water partition coefficient (Wildman–Crippen LogP) is 1.10. The molecule has 0 unspecified atom stereocenters. The molecule has 1 aliphatic heterocycles. The van der Waals surface area contributed by atoms with Crippen LogP contribution in [0.15, 0.2) is 24.5 Å². The van der Waals surface area contributed by atoms with Crippen molar-refractivity contribution in [3.63, 3.8) is 0 Å². The molecule has 2 N–H and O–H groups in total. The van der Waals surface area contributed by atoms with Crippen molar-refractivity contribution in [2.75, 3.05) is 26.2 Å². The molecule has 0 bridgehead atoms. The third kappa shape index (κ3) is 4.25. The highest BCUT2D eigenvalue weighted by molar-refractivity contribution is 5.82. The van der Waals surface area contributed by atoms with Crippen LogP contribution in [0.25, 0.3) is 0 Å². The molecular weight excluding hydrogens is 264 g/mol. The first-order chi connectivity index (χ1) is 10.1. The second-order valence-electron chi connectivity index (χ2n) is 5.87. The molecule has 1 aromatic rings. The summed E-state index contributed by atoms with van der Waals surface area (Å²) in [6, 6.07) is 3.72. The van der Waals surface area contributed by atoms with E-state index in [1.165, 1.54) is 5.56 Å². The van der Waals surface area contributed by atoms with Crippen LogP contribution < -0.4 is 5.73 Å². The standard InChI is InChI=1S/C16H26N4O/c1-3-13(2)15(17)16(21)20-10-8-19(9-11-20)12-14-4-6-18-7-5-14/h4-7,13,15H,3,8-12,17H2,1-2H3/t13-,15-/m0/s1. The van der Waals surface area contributed by atoms with E-state index in [4.69, 9.17) is 5.73 Å². The lowest BCUT2D eigenvalue weighted by Gasteiger charge is -2.36. The van der Waals surface area contributed by atoms with E-state index in [0.717, 1.165) is 39.1 Å². The van der Waals surface area contributed by atoms with E-state index < -0.39 is 0 Å². The lowest BCUT2D eigenvalue weighted by molar-refractivity contribution is -0.135. The molecule has 0 saturated carbocycles. The molecule has 2 atom stereocenters. The van der Waals surface area contributed by atoms with Gasteiger partial charge in [-0.25, -0.2) is 0 Å². The topological polar surface area (TPSA) is 62.5 Å². The molecule has 1 aliphatic rings. The maximum absolute atomic E-state index is 12.3. The van der Waals surface area contributed by atoms with Gasteiger partial charge in [0.05, 0.1) is 6.04 Å². The van der Waals surface area contributed by atoms with Gasteiger partial charge in [-0.3, -0.25) is 14.7 Å².